The van der Waals surface area contributed by atoms with Crippen molar-refractivity contribution in [1.82, 2.24) is 24.8 Å². The molecule has 2 N–H and O–H groups in total. The normalized spacial score (nSPS) is 16.7. The fourth-order valence-electron chi connectivity index (χ4n) is 4.45. The second kappa shape index (κ2) is 11.0. The minimum atomic E-state index is -0.844. The standard InChI is InChI=1S/C26H33F2N7O2/c1-34-8-10-35(11-9-34)7-6-29-26-31-15-17-12-18(32-25(24(17)33-26)30-14-16-4-5-16)21-22(27)19(36-2)13-20(37-3)23(21)28/h12-13,15-16H,4-11,14H2,1-3H3,(H,30,32)(H,29,31,33). The topological polar surface area (TPSA) is 87.7 Å². The van der Waals surface area contributed by atoms with E-state index in [1.54, 1.807) is 12.3 Å². The van der Waals surface area contributed by atoms with Crippen molar-refractivity contribution in [1.29, 1.82) is 0 Å². The lowest BCUT2D eigenvalue weighted by Crippen LogP contribution is -2.45. The molecular weight excluding hydrogens is 480 g/mol. The van der Waals surface area contributed by atoms with Gasteiger partial charge in [-0.25, -0.2) is 23.7 Å². The number of methoxy groups -OCH3 is 2. The fraction of sp³-hybridized carbons (Fsp3) is 0.500. The molecular formula is C26H33F2N7O2. The van der Waals surface area contributed by atoms with Gasteiger partial charge in [0.25, 0.3) is 0 Å². The average Bonchev–Trinajstić information content (AvgIpc) is 3.73. The number of aromatic nitrogens is 3. The van der Waals surface area contributed by atoms with E-state index < -0.39 is 11.6 Å². The van der Waals surface area contributed by atoms with Gasteiger partial charge in [0.05, 0.1) is 25.5 Å². The van der Waals surface area contributed by atoms with Gasteiger partial charge in [-0.15, -0.1) is 0 Å². The zero-order valence-electron chi connectivity index (χ0n) is 21.5. The Balaban J connectivity index is 1.45. The quantitative estimate of drug-likeness (QED) is 0.423. The average molecular weight is 514 g/mol. The van der Waals surface area contributed by atoms with Crippen LogP contribution in [0.2, 0.25) is 0 Å². The second-order valence-corrected chi connectivity index (χ2v) is 9.67. The molecule has 11 heteroatoms. The van der Waals surface area contributed by atoms with Crippen LogP contribution in [0.4, 0.5) is 20.5 Å². The van der Waals surface area contributed by atoms with E-state index in [0.29, 0.717) is 41.7 Å². The maximum Gasteiger partial charge on any atom is 0.223 e. The van der Waals surface area contributed by atoms with E-state index in [2.05, 4.69) is 37.4 Å². The predicted octanol–water partition coefficient (Wildman–Crippen LogP) is 3.47. The predicted molar refractivity (Wildman–Crippen MR) is 139 cm³/mol. The van der Waals surface area contributed by atoms with E-state index in [1.165, 1.54) is 20.3 Å². The monoisotopic (exact) mass is 513 g/mol. The molecule has 0 unspecified atom stereocenters. The largest absolute Gasteiger partial charge is 0.494 e. The van der Waals surface area contributed by atoms with Crippen LogP contribution in [-0.4, -0.2) is 91.8 Å². The first kappa shape index (κ1) is 25.3. The molecule has 9 nitrogen and oxygen atoms in total. The highest BCUT2D eigenvalue weighted by atomic mass is 19.1. The molecule has 2 aliphatic rings. The number of piperazine rings is 1. The van der Waals surface area contributed by atoms with Gasteiger partial charge in [0.2, 0.25) is 5.95 Å². The van der Waals surface area contributed by atoms with Gasteiger partial charge in [-0.3, -0.25) is 4.90 Å². The SMILES string of the molecule is COc1cc(OC)c(F)c(-c2cc3cnc(NCCN4CCN(C)CC4)nc3c(NCC3CC3)n2)c1F. The van der Waals surface area contributed by atoms with Gasteiger partial charge in [-0.1, -0.05) is 0 Å². The summed E-state index contributed by atoms with van der Waals surface area (Å²) in [7, 11) is 4.78. The first-order valence-corrected chi connectivity index (χ1v) is 12.6. The number of rotatable bonds is 10. The van der Waals surface area contributed by atoms with Crippen molar-refractivity contribution in [2.45, 2.75) is 12.8 Å². The molecule has 1 aliphatic carbocycles. The lowest BCUT2D eigenvalue weighted by atomic mass is 10.1. The maximum absolute atomic E-state index is 15.2. The fourth-order valence-corrected chi connectivity index (χ4v) is 4.45. The number of nitrogens with one attached hydrogen (secondary N) is 2. The third-order valence-corrected chi connectivity index (χ3v) is 6.96. The van der Waals surface area contributed by atoms with Crippen LogP contribution in [0, 0.1) is 17.6 Å². The van der Waals surface area contributed by atoms with Crippen LogP contribution in [0.25, 0.3) is 22.2 Å². The zero-order chi connectivity index (χ0) is 25.9. The van der Waals surface area contributed by atoms with Crippen molar-refractivity contribution >= 4 is 22.7 Å². The number of hydrogen-bond acceptors (Lipinski definition) is 9. The number of anilines is 2. The number of hydrogen-bond donors (Lipinski definition) is 2. The van der Waals surface area contributed by atoms with E-state index in [9.17, 15) is 0 Å². The molecule has 2 fully saturated rings. The Labute approximate surface area is 215 Å². The lowest BCUT2D eigenvalue weighted by molar-refractivity contribution is 0.158. The number of halogens is 2. The van der Waals surface area contributed by atoms with E-state index in [-0.39, 0.29) is 22.8 Å². The summed E-state index contributed by atoms with van der Waals surface area (Å²) in [6.45, 7) is 6.55. The third kappa shape index (κ3) is 5.67. The number of ether oxygens (including phenoxy) is 2. The van der Waals surface area contributed by atoms with Crippen molar-refractivity contribution in [3.8, 4) is 22.8 Å². The molecule has 1 aromatic carbocycles. The Bertz CT molecular complexity index is 1240. The molecule has 5 rings (SSSR count). The van der Waals surface area contributed by atoms with Crippen LogP contribution < -0.4 is 20.1 Å². The van der Waals surface area contributed by atoms with Crippen LogP contribution in [-0.2, 0) is 0 Å². The molecule has 3 heterocycles. The molecule has 37 heavy (non-hydrogen) atoms. The van der Waals surface area contributed by atoms with Gasteiger partial charge in [0.15, 0.2) is 29.0 Å². The molecule has 3 aromatic rings. The molecule has 2 aromatic heterocycles. The van der Waals surface area contributed by atoms with Crippen molar-refractivity contribution in [3.05, 3.63) is 30.0 Å². The minimum Gasteiger partial charge on any atom is -0.494 e. The number of fused-ring (bicyclic) bond motifs is 1. The second-order valence-electron chi connectivity index (χ2n) is 9.67. The molecule has 1 saturated carbocycles. The molecule has 0 amide bonds. The molecule has 0 spiro atoms. The highest BCUT2D eigenvalue weighted by Crippen LogP contribution is 2.39. The number of benzene rings is 1. The van der Waals surface area contributed by atoms with Gasteiger partial charge in [0.1, 0.15) is 5.52 Å². The summed E-state index contributed by atoms with van der Waals surface area (Å²) in [6, 6.07) is 2.77. The van der Waals surface area contributed by atoms with Crippen LogP contribution in [0.3, 0.4) is 0 Å². The Morgan fingerprint density at radius 1 is 0.973 bits per heavy atom. The van der Waals surface area contributed by atoms with Crippen LogP contribution in [0.5, 0.6) is 11.5 Å². The van der Waals surface area contributed by atoms with Crippen LogP contribution in [0.1, 0.15) is 12.8 Å². The number of likely N-dealkylation sites (N-methyl/N-ethyl adjacent to an activating group) is 1. The third-order valence-electron chi connectivity index (χ3n) is 6.96. The molecule has 0 atom stereocenters. The van der Waals surface area contributed by atoms with Crippen molar-refractivity contribution in [2.75, 3.05) is 77.7 Å². The molecule has 0 bridgehead atoms. The van der Waals surface area contributed by atoms with E-state index >= 15 is 8.78 Å². The van der Waals surface area contributed by atoms with Gasteiger partial charge < -0.3 is 25.0 Å². The van der Waals surface area contributed by atoms with E-state index in [4.69, 9.17) is 14.5 Å². The highest BCUT2D eigenvalue weighted by molar-refractivity contribution is 5.92. The van der Waals surface area contributed by atoms with Crippen molar-refractivity contribution in [3.63, 3.8) is 0 Å². The molecule has 0 radical (unpaired) electrons. The van der Waals surface area contributed by atoms with Crippen molar-refractivity contribution < 1.29 is 18.3 Å². The summed E-state index contributed by atoms with van der Waals surface area (Å²) >= 11 is 0. The Morgan fingerprint density at radius 2 is 1.68 bits per heavy atom. The van der Waals surface area contributed by atoms with Gasteiger partial charge in [0, 0.05) is 63.5 Å². The first-order valence-electron chi connectivity index (χ1n) is 12.6. The maximum atomic E-state index is 15.2. The summed E-state index contributed by atoms with van der Waals surface area (Å²) in [5.74, 6) is -0.421. The zero-order valence-corrected chi connectivity index (χ0v) is 21.5. The first-order chi connectivity index (χ1) is 18.0. The summed E-state index contributed by atoms with van der Waals surface area (Å²) in [5, 5.41) is 7.27. The number of nitrogens with zero attached hydrogens (tertiary/aromatic N) is 5. The summed E-state index contributed by atoms with van der Waals surface area (Å²) in [4.78, 5) is 18.5. The lowest BCUT2D eigenvalue weighted by Gasteiger charge is -2.32. The van der Waals surface area contributed by atoms with Gasteiger partial charge in [-0.05, 0) is 31.9 Å². The van der Waals surface area contributed by atoms with Crippen LogP contribution in [0.15, 0.2) is 18.3 Å². The summed E-state index contributed by atoms with van der Waals surface area (Å²) in [5.41, 5.74) is 0.386. The van der Waals surface area contributed by atoms with Crippen molar-refractivity contribution in [2.24, 2.45) is 5.92 Å². The van der Waals surface area contributed by atoms with E-state index in [0.717, 1.165) is 45.6 Å². The molecule has 1 aliphatic heterocycles. The highest BCUT2D eigenvalue weighted by Gasteiger charge is 2.25. The molecule has 1 saturated heterocycles. The van der Waals surface area contributed by atoms with E-state index in [1.807, 2.05) is 0 Å². The number of pyridine rings is 1. The summed E-state index contributed by atoms with van der Waals surface area (Å²) < 4.78 is 40.7. The van der Waals surface area contributed by atoms with Gasteiger partial charge in [-0.2, -0.15) is 0 Å². The Hall–Kier alpha value is -3.31. The van der Waals surface area contributed by atoms with Gasteiger partial charge >= 0.3 is 0 Å². The van der Waals surface area contributed by atoms with Crippen LogP contribution >= 0.6 is 0 Å². The smallest absolute Gasteiger partial charge is 0.223 e. The Kier molecular flexibility index (Phi) is 7.52. The Morgan fingerprint density at radius 3 is 2.32 bits per heavy atom. The molecule has 198 valence electrons. The summed E-state index contributed by atoms with van der Waals surface area (Å²) in [6.07, 6.45) is 3.95. The minimum absolute atomic E-state index is 0.109.